The van der Waals surface area contributed by atoms with Gasteiger partial charge < -0.3 is 15.4 Å². The van der Waals surface area contributed by atoms with E-state index in [4.69, 9.17) is 27.9 Å². The minimum atomic E-state index is -0.548. The molecule has 0 aliphatic carbocycles. The van der Waals surface area contributed by atoms with Crippen molar-refractivity contribution in [3.05, 3.63) is 70.0 Å². The number of hydrogen-bond acceptors (Lipinski definition) is 4. The molecule has 2 N–H and O–H groups in total. The Morgan fingerprint density at radius 1 is 1.15 bits per heavy atom. The van der Waals surface area contributed by atoms with Crippen molar-refractivity contribution in [2.24, 2.45) is 0 Å². The van der Waals surface area contributed by atoms with E-state index in [0.29, 0.717) is 21.1 Å². The van der Waals surface area contributed by atoms with Crippen LogP contribution in [0.5, 0.6) is 0 Å². The number of nitrogens with one attached hydrogen (secondary N) is 2. The van der Waals surface area contributed by atoms with Crippen LogP contribution < -0.4 is 10.6 Å². The summed E-state index contributed by atoms with van der Waals surface area (Å²) in [6.07, 6.45) is 1.55. The summed E-state index contributed by atoms with van der Waals surface area (Å²) in [4.78, 5) is 28.0. The van der Waals surface area contributed by atoms with Gasteiger partial charge in [-0.3, -0.25) is 0 Å². The fraction of sp³-hybridized carbons (Fsp3) is 0.105. The van der Waals surface area contributed by atoms with Crippen molar-refractivity contribution in [3.8, 4) is 0 Å². The molecular weight excluding hydrogens is 389 g/mol. The summed E-state index contributed by atoms with van der Waals surface area (Å²) in [7, 11) is 1.29. The number of methoxy groups -OCH3 is 1. The molecule has 6 nitrogen and oxygen atoms in total. The van der Waals surface area contributed by atoms with Crippen molar-refractivity contribution in [1.29, 1.82) is 0 Å². The highest BCUT2D eigenvalue weighted by Crippen LogP contribution is 2.24. The van der Waals surface area contributed by atoms with Gasteiger partial charge in [-0.2, -0.15) is 0 Å². The molecule has 27 heavy (non-hydrogen) atoms. The first-order chi connectivity index (χ1) is 13.0. The molecule has 0 saturated carbocycles. The topological polar surface area (TPSA) is 80.3 Å². The molecule has 0 fully saturated rings. The molecule has 0 atom stereocenters. The van der Waals surface area contributed by atoms with E-state index in [0.717, 1.165) is 10.9 Å². The lowest BCUT2D eigenvalue weighted by Crippen LogP contribution is -2.28. The molecule has 0 saturated heterocycles. The van der Waals surface area contributed by atoms with Crippen LogP contribution in [0, 0.1) is 0 Å². The maximum absolute atomic E-state index is 12.3. The molecule has 2 aromatic carbocycles. The molecule has 0 aliphatic rings. The third-order valence-corrected chi connectivity index (χ3v) is 4.45. The van der Waals surface area contributed by atoms with E-state index in [1.807, 2.05) is 6.07 Å². The summed E-state index contributed by atoms with van der Waals surface area (Å²) in [5.41, 5.74) is 1.44. The number of nitrogens with zero attached hydrogens (tertiary/aromatic N) is 1. The number of carbonyl (C=O) groups is 2. The molecule has 138 valence electrons. The number of hydrogen-bond donors (Lipinski definition) is 2. The number of fused-ring (bicyclic) bond motifs is 1. The molecule has 3 aromatic rings. The van der Waals surface area contributed by atoms with Crippen molar-refractivity contribution in [2.75, 3.05) is 12.4 Å². The van der Waals surface area contributed by atoms with Gasteiger partial charge in [-0.1, -0.05) is 41.4 Å². The van der Waals surface area contributed by atoms with E-state index in [2.05, 4.69) is 15.6 Å². The molecule has 0 unspecified atom stereocenters. The number of benzene rings is 2. The SMILES string of the molecule is COC(=O)c1cc2c(NC(=O)NCc3ccc(Cl)cc3Cl)cccc2cn1. The lowest BCUT2D eigenvalue weighted by Gasteiger charge is -2.11. The van der Waals surface area contributed by atoms with Gasteiger partial charge in [0, 0.05) is 33.6 Å². The van der Waals surface area contributed by atoms with Crippen LogP contribution in [0.4, 0.5) is 10.5 Å². The molecule has 2 amide bonds. The van der Waals surface area contributed by atoms with Crippen LogP contribution in [0.3, 0.4) is 0 Å². The van der Waals surface area contributed by atoms with E-state index >= 15 is 0 Å². The largest absolute Gasteiger partial charge is 0.464 e. The molecule has 8 heteroatoms. The zero-order chi connectivity index (χ0) is 19.4. The standard InChI is InChI=1S/C19H15Cl2N3O3/c1-27-18(25)17-8-14-11(9-22-17)3-2-4-16(14)24-19(26)23-10-12-5-6-13(20)7-15(12)21/h2-9H,10H2,1H3,(H2,23,24,26). The van der Waals surface area contributed by atoms with Gasteiger partial charge in [0.15, 0.2) is 0 Å². The van der Waals surface area contributed by atoms with Crippen LogP contribution in [-0.4, -0.2) is 24.1 Å². The Balaban J connectivity index is 1.77. The lowest BCUT2D eigenvalue weighted by molar-refractivity contribution is 0.0594. The van der Waals surface area contributed by atoms with Crippen molar-refractivity contribution in [1.82, 2.24) is 10.3 Å². The second-order valence-electron chi connectivity index (χ2n) is 5.63. The summed E-state index contributed by atoms with van der Waals surface area (Å²) in [5, 5.41) is 7.96. The monoisotopic (exact) mass is 403 g/mol. The zero-order valence-corrected chi connectivity index (χ0v) is 15.8. The molecule has 0 bridgehead atoms. The molecular formula is C19H15Cl2N3O3. The summed E-state index contributed by atoms with van der Waals surface area (Å²) in [5.74, 6) is -0.548. The minimum absolute atomic E-state index is 0.160. The summed E-state index contributed by atoms with van der Waals surface area (Å²) in [6, 6.07) is 11.6. The van der Waals surface area contributed by atoms with E-state index in [1.165, 1.54) is 7.11 Å². The van der Waals surface area contributed by atoms with Crippen LogP contribution >= 0.6 is 23.2 Å². The lowest BCUT2D eigenvalue weighted by atomic mass is 10.1. The first-order valence-electron chi connectivity index (χ1n) is 7.94. The molecule has 3 rings (SSSR count). The molecule has 0 spiro atoms. The Hall–Kier alpha value is -2.83. The highest BCUT2D eigenvalue weighted by atomic mass is 35.5. The Bertz CT molecular complexity index is 1020. The number of aromatic nitrogens is 1. The number of urea groups is 1. The smallest absolute Gasteiger partial charge is 0.356 e. The van der Waals surface area contributed by atoms with Crippen molar-refractivity contribution >= 4 is 51.7 Å². The summed E-state index contributed by atoms with van der Waals surface area (Å²) >= 11 is 12.0. The zero-order valence-electron chi connectivity index (χ0n) is 14.3. The number of pyridine rings is 1. The van der Waals surface area contributed by atoms with Crippen LogP contribution in [0.1, 0.15) is 16.1 Å². The first kappa shape index (κ1) is 18.9. The fourth-order valence-corrected chi connectivity index (χ4v) is 2.98. The number of amides is 2. The van der Waals surface area contributed by atoms with Crippen molar-refractivity contribution in [3.63, 3.8) is 0 Å². The van der Waals surface area contributed by atoms with Crippen molar-refractivity contribution in [2.45, 2.75) is 6.54 Å². The average Bonchev–Trinajstić information content (AvgIpc) is 2.66. The van der Waals surface area contributed by atoms with E-state index in [-0.39, 0.29) is 12.2 Å². The van der Waals surface area contributed by atoms with E-state index < -0.39 is 12.0 Å². The number of anilines is 1. The maximum Gasteiger partial charge on any atom is 0.356 e. The van der Waals surface area contributed by atoms with Gasteiger partial charge in [-0.05, 0) is 29.8 Å². The highest BCUT2D eigenvalue weighted by molar-refractivity contribution is 6.35. The van der Waals surface area contributed by atoms with E-state index in [1.54, 1.807) is 42.6 Å². The Kier molecular flexibility index (Phi) is 5.78. The third kappa shape index (κ3) is 4.48. The Morgan fingerprint density at radius 3 is 2.70 bits per heavy atom. The second-order valence-corrected chi connectivity index (χ2v) is 6.47. The number of halogens is 2. The van der Waals surface area contributed by atoms with Crippen LogP contribution in [0.25, 0.3) is 10.8 Å². The van der Waals surface area contributed by atoms with Gasteiger partial charge in [0.05, 0.1) is 12.8 Å². The fourth-order valence-electron chi connectivity index (χ4n) is 2.50. The number of carbonyl (C=O) groups excluding carboxylic acids is 2. The van der Waals surface area contributed by atoms with Gasteiger partial charge in [0.25, 0.3) is 0 Å². The predicted molar refractivity (Wildman–Crippen MR) is 105 cm³/mol. The molecule has 1 heterocycles. The first-order valence-corrected chi connectivity index (χ1v) is 8.69. The predicted octanol–water partition coefficient (Wildman–Crippen LogP) is 4.65. The van der Waals surface area contributed by atoms with Crippen LogP contribution in [0.15, 0.2) is 48.7 Å². The van der Waals surface area contributed by atoms with Gasteiger partial charge in [-0.15, -0.1) is 0 Å². The molecule has 1 aromatic heterocycles. The quantitative estimate of drug-likeness (QED) is 0.621. The summed E-state index contributed by atoms with van der Waals surface area (Å²) < 4.78 is 4.69. The van der Waals surface area contributed by atoms with Gasteiger partial charge in [-0.25, -0.2) is 14.6 Å². The summed E-state index contributed by atoms with van der Waals surface area (Å²) in [6.45, 7) is 0.238. The Labute approximate surface area is 165 Å². The maximum atomic E-state index is 12.3. The highest BCUT2D eigenvalue weighted by Gasteiger charge is 2.11. The minimum Gasteiger partial charge on any atom is -0.464 e. The average molecular weight is 404 g/mol. The van der Waals surface area contributed by atoms with Crippen LogP contribution in [-0.2, 0) is 11.3 Å². The third-order valence-electron chi connectivity index (χ3n) is 3.86. The number of rotatable bonds is 4. The number of ether oxygens (including phenoxy) is 1. The number of esters is 1. The second kappa shape index (κ2) is 8.24. The van der Waals surface area contributed by atoms with E-state index in [9.17, 15) is 9.59 Å². The van der Waals surface area contributed by atoms with Gasteiger partial charge in [0.1, 0.15) is 5.69 Å². The van der Waals surface area contributed by atoms with Gasteiger partial charge >= 0.3 is 12.0 Å². The van der Waals surface area contributed by atoms with Crippen LogP contribution in [0.2, 0.25) is 10.0 Å². The Morgan fingerprint density at radius 2 is 1.96 bits per heavy atom. The normalized spacial score (nSPS) is 10.5. The molecule has 0 radical (unpaired) electrons. The molecule has 0 aliphatic heterocycles. The van der Waals surface area contributed by atoms with Crippen molar-refractivity contribution < 1.29 is 14.3 Å². The van der Waals surface area contributed by atoms with Gasteiger partial charge in [0.2, 0.25) is 0 Å².